The molecule has 0 aromatic heterocycles. The number of aromatic hydroxyl groups is 1. The highest BCUT2D eigenvalue weighted by Crippen LogP contribution is 2.32. The predicted molar refractivity (Wildman–Crippen MR) is 53.0 cm³/mol. The summed E-state index contributed by atoms with van der Waals surface area (Å²) in [5.74, 6) is -3.05. The lowest BCUT2D eigenvalue weighted by Crippen LogP contribution is -2.28. The lowest BCUT2D eigenvalue weighted by atomic mass is 10.2. The summed E-state index contributed by atoms with van der Waals surface area (Å²) in [6.07, 6.45) is 0.137. The molecule has 1 saturated heterocycles. The Bertz CT molecular complexity index is 451. The first-order valence-electron chi connectivity index (χ1n) is 4.73. The number of benzene rings is 1. The number of phenols is 1. The van der Waals surface area contributed by atoms with Gasteiger partial charge in [-0.2, -0.15) is 0 Å². The molecule has 3 N–H and O–H groups in total. The van der Waals surface area contributed by atoms with Crippen LogP contribution in [0.5, 0.6) is 5.75 Å². The Hall–Kier alpha value is -1.69. The van der Waals surface area contributed by atoms with Crippen molar-refractivity contribution in [3.63, 3.8) is 0 Å². The summed E-state index contributed by atoms with van der Waals surface area (Å²) in [5, 5.41) is 9.44. The van der Waals surface area contributed by atoms with Crippen LogP contribution >= 0.6 is 0 Å². The first-order chi connectivity index (χ1) is 7.49. The van der Waals surface area contributed by atoms with E-state index in [0.29, 0.717) is 6.07 Å². The molecule has 0 radical (unpaired) electrons. The van der Waals surface area contributed by atoms with Crippen LogP contribution in [0.3, 0.4) is 0 Å². The Labute approximate surface area is 90.3 Å². The molecular formula is C10H10F2N2O2. The minimum Gasteiger partial charge on any atom is -0.506 e. The van der Waals surface area contributed by atoms with Gasteiger partial charge in [-0.25, -0.2) is 8.78 Å². The molecule has 1 aliphatic heterocycles. The smallest absolute Gasteiger partial charge is 0.228 e. The van der Waals surface area contributed by atoms with Crippen LogP contribution in [0.25, 0.3) is 0 Å². The maximum absolute atomic E-state index is 13.0. The summed E-state index contributed by atoms with van der Waals surface area (Å²) in [6.45, 7) is 0.192. The van der Waals surface area contributed by atoms with E-state index >= 15 is 0 Å². The molecule has 4 nitrogen and oxygen atoms in total. The number of carbonyl (C=O) groups is 1. The van der Waals surface area contributed by atoms with Crippen molar-refractivity contribution in [2.45, 2.75) is 12.5 Å². The number of hydrogen-bond donors (Lipinski definition) is 2. The van der Waals surface area contributed by atoms with Crippen LogP contribution in [0.4, 0.5) is 14.5 Å². The van der Waals surface area contributed by atoms with Gasteiger partial charge in [-0.3, -0.25) is 4.79 Å². The van der Waals surface area contributed by atoms with Gasteiger partial charge in [-0.1, -0.05) is 0 Å². The maximum atomic E-state index is 13.0. The van der Waals surface area contributed by atoms with E-state index in [4.69, 9.17) is 5.73 Å². The van der Waals surface area contributed by atoms with E-state index in [1.165, 1.54) is 0 Å². The number of nitrogens with two attached hydrogens (primary N) is 1. The fraction of sp³-hybridized carbons (Fsp3) is 0.300. The zero-order valence-electron chi connectivity index (χ0n) is 8.28. The molecule has 0 spiro atoms. The maximum Gasteiger partial charge on any atom is 0.228 e. The minimum atomic E-state index is -1.16. The zero-order valence-corrected chi connectivity index (χ0v) is 8.28. The molecule has 1 atom stereocenters. The minimum absolute atomic E-state index is 0.0446. The third-order valence-corrected chi connectivity index (χ3v) is 2.46. The Morgan fingerprint density at radius 1 is 1.38 bits per heavy atom. The summed E-state index contributed by atoms with van der Waals surface area (Å²) in [5.41, 5.74) is 5.51. The molecule has 2 rings (SSSR count). The van der Waals surface area contributed by atoms with Gasteiger partial charge in [0.1, 0.15) is 5.75 Å². The number of anilines is 1. The molecule has 0 aliphatic carbocycles. The Morgan fingerprint density at radius 3 is 2.56 bits per heavy atom. The number of halogens is 2. The van der Waals surface area contributed by atoms with Crippen molar-refractivity contribution in [1.29, 1.82) is 0 Å². The van der Waals surface area contributed by atoms with Crippen LogP contribution < -0.4 is 10.6 Å². The molecule has 1 aliphatic rings. The van der Waals surface area contributed by atoms with Gasteiger partial charge in [-0.15, -0.1) is 0 Å². The standard InChI is InChI=1S/C10H10F2N2O2/c11-6-2-8(9(15)3-7(6)12)14-4-5(13)1-10(14)16/h2-3,5,15H,1,4,13H2. The number of amides is 1. The normalized spacial score (nSPS) is 20.6. The van der Waals surface area contributed by atoms with Gasteiger partial charge in [0, 0.05) is 31.1 Å². The molecule has 0 saturated carbocycles. The number of nitrogens with zero attached hydrogens (tertiary/aromatic N) is 1. The van der Waals surface area contributed by atoms with Crippen LogP contribution in [0.2, 0.25) is 0 Å². The first-order valence-corrected chi connectivity index (χ1v) is 4.73. The summed E-state index contributed by atoms with van der Waals surface area (Å²) < 4.78 is 25.7. The van der Waals surface area contributed by atoms with Gasteiger partial charge in [0.25, 0.3) is 0 Å². The van der Waals surface area contributed by atoms with Crippen LogP contribution in [-0.2, 0) is 4.79 Å². The monoisotopic (exact) mass is 228 g/mol. The summed E-state index contributed by atoms with van der Waals surface area (Å²) >= 11 is 0. The van der Waals surface area contributed by atoms with Gasteiger partial charge >= 0.3 is 0 Å². The molecule has 86 valence electrons. The summed E-state index contributed by atoms with van der Waals surface area (Å²) in [6, 6.07) is 1.09. The fourth-order valence-corrected chi connectivity index (χ4v) is 1.71. The fourth-order valence-electron chi connectivity index (χ4n) is 1.71. The van der Waals surface area contributed by atoms with Gasteiger partial charge in [0.2, 0.25) is 5.91 Å². The molecule has 1 heterocycles. The molecule has 0 bridgehead atoms. The van der Waals surface area contributed by atoms with Crippen molar-refractivity contribution in [3.8, 4) is 5.75 Å². The highest BCUT2D eigenvalue weighted by molar-refractivity contribution is 5.97. The van der Waals surface area contributed by atoms with Crippen molar-refractivity contribution in [1.82, 2.24) is 0 Å². The van der Waals surface area contributed by atoms with Crippen molar-refractivity contribution in [2.75, 3.05) is 11.4 Å². The Morgan fingerprint density at radius 2 is 2.00 bits per heavy atom. The molecule has 6 heteroatoms. The highest BCUT2D eigenvalue weighted by Gasteiger charge is 2.30. The third-order valence-electron chi connectivity index (χ3n) is 2.46. The van der Waals surface area contributed by atoms with E-state index in [2.05, 4.69) is 0 Å². The zero-order chi connectivity index (χ0) is 11.9. The largest absolute Gasteiger partial charge is 0.506 e. The van der Waals surface area contributed by atoms with Crippen LogP contribution in [-0.4, -0.2) is 23.6 Å². The number of hydrogen-bond acceptors (Lipinski definition) is 3. The van der Waals surface area contributed by atoms with Gasteiger partial charge in [-0.05, 0) is 0 Å². The topological polar surface area (TPSA) is 66.6 Å². The number of rotatable bonds is 1. The molecule has 1 aromatic carbocycles. The van der Waals surface area contributed by atoms with Gasteiger partial charge in [0.15, 0.2) is 11.6 Å². The molecule has 1 unspecified atom stereocenters. The molecule has 16 heavy (non-hydrogen) atoms. The van der Waals surface area contributed by atoms with E-state index in [1.54, 1.807) is 0 Å². The van der Waals surface area contributed by atoms with E-state index in [1.807, 2.05) is 0 Å². The average Bonchev–Trinajstić information content (AvgIpc) is 2.51. The average molecular weight is 228 g/mol. The molecule has 1 aromatic rings. The third kappa shape index (κ3) is 1.71. The van der Waals surface area contributed by atoms with Crippen molar-refractivity contribution in [2.24, 2.45) is 5.73 Å². The quantitative estimate of drug-likeness (QED) is 0.744. The van der Waals surface area contributed by atoms with E-state index in [-0.39, 0.29) is 30.6 Å². The van der Waals surface area contributed by atoms with E-state index < -0.39 is 17.4 Å². The number of phenolic OH excluding ortho intramolecular Hbond substituents is 1. The predicted octanol–water partition coefficient (Wildman–Crippen LogP) is 0.734. The lowest BCUT2D eigenvalue weighted by molar-refractivity contribution is -0.117. The van der Waals surface area contributed by atoms with Crippen LogP contribution in [0.15, 0.2) is 12.1 Å². The lowest BCUT2D eigenvalue weighted by Gasteiger charge is -2.17. The second-order valence-electron chi connectivity index (χ2n) is 3.72. The molecule has 1 amide bonds. The van der Waals surface area contributed by atoms with Crippen molar-refractivity contribution < 1.29 is 18.7 Å². The second-order valence-corrected chi connectivity index (χ2v) is 3.72. The van der Waals surface area contributed by atoms with Crippen LogP contribution in [0, 0.1) is 11.6 Å². The summed E-state index contributed by atoms with van der Waals surface area (Å²) in [7, 11) is 0. The highest BCUT2D eigenvalue weighted by atomic mass is 19.2. The van der Waals surface area contributed by atoms with E-state index in [0.717, 1.165) is 11.0 Å². The van der Waals surface area contributed by atoms with Gasteiger partial charge in [0.05, 0.1) is 5.69 Å². The Balaban J connectivity index is 2.41. The molecule has 1 fully saturated rings. The van der Waals surface area contributed by atoms with Crippen molar-refractivity contribution >= 4 is 11.6 Å². The van der Waals surface area contributed by atoms with E-state index in [9.17, 15) is 18.7 Å². The number of carbonyl (C=O) groups excluding carboxylic acids is 1. The van der Waals surface area contributed by atoms with Crippen molar-refractivity contribution in [3.05, 3.63) is 23.8 Å². The first kappa shape index (κ1) is 10.8. The molecular weight excluding hydrogens is 218 g/mol. The second kappa shape index (κ2) is 3.71. The SMILES string of the molecule is NC1CC(=O)N(c2cc(F)c(F)cc2O)C1. The summed E-state index contributed by atoms with van der Waals surface area (Å²) in [4.78, 5) is 12.6. The van der Waals surface area contributed by atoms with Crippen LogP contribution in [0.1, 0.15) is 6.42 Å². The Kier molecular flexibility index (Phi) is 2.51. The van der Waals surface area contributed by atoms with Gasteiger partial charge < -0.3 is 15.7 Å².